The average molecular weight is 382 g/mol. The normalized spacial score (nSPS) is 10.5. The average Bonchev–Trinajstić information content (AvgIpc) is 2.63. The van der Waals surface area contributed by atoms with Crippen LogP contribution in [-0.4, -0.2) is 24.4 Å². The van der Waals surface area contributed by atoms with Gasteiger partial charge in [0.2, 0.25) is 11.8 Å². The number of esters is 1. The minimum atomic E-state index is -0.524. The molecule has 0 atom stereocenters. The summed E-state index contributed by atoms with van der Waals surface area (Å²) < 4.78 is 4.99. The largest absolute Gasteiger partial charge is 0.462 e. The van der Waals surface area contributed by atoms with Gasteiger partial charge >= 0.3 is 5.97 Å². The van der Waals surface area contributed by atoms with Crippen molar-refractivity contribution in [2.75, 3.05) is 17.2 Å². The molecule has 0 heterocycles. The molecule has 6 nitrogen and oxygen atoms in total. The molecule has 6 heteroatoms. The standard InChI is InChI=1S/C22H26N2O4/c1-5-28-22(27)17-10-6-7-12-18(17)23-19(25)13-20(26)24-21-15(4)9-8-11-16(21)14(2)3/h6-12,14H,5,13H2,1-4H3,(H,23,25)(H,24,26). The zero-order chi connectivity index (χ0) is 20.7. The Morgan fingerprint density at radius 2 is 1.64 bits per heavy atom. The van der Waals surface area contributed by atoms with E-state index >= 15 is 0 Å². The van der Waals surface area contributed by atoms with Crippen LogP contribution in [0, 0.1) is 6.92 Å². The molecule has 0 bridgehead atoms. The molecule has 2 amide bonds. The van der Waals surface area contributed by atoms with E-state index in [9.17, 15) is 14.4 Å². The van der Waals surface area contributed by atoms with Crippen molar-refractivity contribution in [2.45, 2.75) is 40.0 Å². The smallest absolute Gasteiger partial charge is 0.340 e. The topological polar surface area (TPSA) is 84.5 Å². The number of nitrogens with one attached hydrogen (secondary N) is 2. The molecule has 0 saturated carbocycles. The van der Waals surface area contributed by atoms with E-state index in [1.165, 1.54) is 0 Å². The molecule has 2 rings (SSSR count). The van der Waals surface area contributed by atoms with E-state index in [1.807, 2.05) is 39.0 Å². The molecule has 0 unspecified atom stereocenters. The van der Waals surface area contributed by atoms with Crippen molar-refractivity contribution in [3.63, 3.8) is 0 Å². The van der Waals surface area contributed by atoms with Gasteiger partial charge in [-0.2, -0.15) is 0 Å². The number of ether oxygens (including phenoxy) is 1. The fourth-order valence-electron chi connectivity index (χ4n) is 2.85. The van der Waals surface area contributed by atoms with Crippen LogP contribution in [-0.2, 0) is 14.3 Å². The quantitative estimate of drug-likeness (QED) is 0.553. The Morgan fingerprint density at radius 3 is 2.32 bits per heavy atom. The highest BCUT2D eigenvalue weighted by molar-refractivity contribution is 6.10. The monoisotopic (exact) mass is 382 g/mol. The van der Waals surface area contributed by atoms with Gasteiger partial charge in [-0.05, 0) is 43.0 Å². The van der Waals surface area contributed by atoms with Crippen LogP contribution in [0.3, 0.4) is 0 Å². The third kappa shape index (κ3) is 5.42. The van der Waals surface area contributed by atoms with E-state index < -0.39 is 17.8 Å². The summed E-state index contributed by atoms with van der Waals surface area (Å²) in [6.07, 6.45) is -0.358. The van der Waals surface area contributed by atoms with Gasteiger partial charge in [-0.3, -0.25) is 9.59 Å². The maximum atomic E-state index is 12.4. The van der Waals surface area contributed by atoms with Crippen LogP contribution in [0.2, 0.25) is 0 Å². The van der Waals surface area contributed by atoms with Crippen LogP contribution < -0.4 is 10.6 Å². The van der Waals surface area contributed by atoms with Crippen molar-refractivity contribution >= 4 is 29.2 Å². The van der Waals surface area contributed by atoms with Gasteiger partial charge < -0.3 is 15.4 Å². The number of aryl methyl sites for hydroxylation is 1. The first-order chi connectivity index (χ1) is 13.3. The first-order valence-corrected chi connectivity index (χ1v) is 9.28. The maximum Gasteiger partial charge on any atom is 0.340 e. The highest BCUT2D eigenvalue weighted by Gasteiger charge is 2.17. The summed E-state index contributed by atoms with van der Waals surface area (Å²) in [5, 5.41) is 5.46. The lowest BCUT2D eigenvalue weighted by molar-refractivity contribution is -0.123. The SMILES string of the molecule is CCOC(=O)c1ccccc1NC(=O)CC(=O)Nc1c(C)cccc1C(C)C. The maximum absolute atomic E-state index is 12.4. The Kier molecular flexibility index (Phi) is 7.32. The van der Waals surface area contributed by atoms with E-state index in [4.69, 9.17) is 4.74 Å². The molecule has 0 aliphatic rings. The second-order valence-corrected chi connectivity index (χ2v) is 6.73. The predicted molar refractivity (Wildman–Crippen MR) is 110 cm³/mol. The first-order valence-electron chi connectivity index (χ1n) is 9.28. The third-order valence-corrected chi connectivity index (χ3v) is 4.21. The highest BCUT2D eigenvalue weighted by Crippen LogP contribution is 2.27. The van der Waals surface area contributed by atoms with E-state index in [0.29, 0.717) is 5.69 Å². The molecule has 0 radical (unpaired) electrons. The molecule has 0 spiro atoms. The molecule has 0 aliphatic heterocycles. The highest BCUT2D eigenvalue weighted by atomic mass is 16.5. The van der Waals surface area contributed by atoms with Gasteiger partial charge in [0.05, 0.1) is 17.9 Å². The number of rotatable bonds is 7. The number of amides is 2. The second kappa shape index (κ2) is 9.69. The fraction of sp³-hybridized carbons (Fsp3) is 0.318. The van der Waals surface area contributed by atoms with Crippen molar-refractivity contribution in [2.24, 2.45) is 0 Å². The number of hydrogen-bond acceptors (Lipinski definition) is 4. The van der Waals surface area contributed by atoms with Crippen LogP contribution in [0.1, 0.15) is 54.6 Å². The summed E-state index contributed by atoms with van der Waals surface area (Å²) in [5.41, 5.74) is 3.26. The van der Waals surface area contributed by atoms with E-state index in [1.54, 1.807) is 31.2 Å². The Bertz CT molecular complexity index is 875. The summed E-state index contributed by atoms with van der Waals surface area (Å²) in [5.74, 6) is -1.21. The molecule has 0 saturated heterocycles. The van der Waals surface area contributed by atoms with Crippen LogP contribution >= 0.6 is 0 Å². The molecule has 0 fully saturated rings. The lowest BCUT2D eigenvalue weighted by atomic mass is 9.98. The van der Waals surface area contributed by atoms with Gasteiger partial charge in [0, 0.05) is 5.69 Å². The zero-order valence-electron chi connectivity index (χ0n) is 16.7. The van der Waals surface area contributed by atoms with Crippen molar-refractivity contribution in [3.8, 4) is 0 Å². The first kappa shape index (κ1) is 21.2. The molecule has 28 heavy (non-hydrogen) atoms. The third-order valence-electron chi connectivity index (χ3n) is 4.21. The lowest BCUT2D eigenvalue weighted by Crippen LogP contribution is -2.23. The Labute approximate surface area is 165 Å². The lowest BCUT2D eigenvalue weighted by Gasteiger charge is -2.16. The summed E-state index contributed by atoms with van der Waals surface area (Å²) >= 11 is 0. The number of para-hydroxylation sites is 2. The molecule has 148 valence electrons. The van der Waals surface area contributed by atoms with Gasteiger partial charge in [-0.15, -0.1) is 0 Å². The summed E-state index contributed by atoms with van der Waals surface area (Å²) in [6.45, 7) is 7.95. The minimum absolute atomic E-state index is 0.234. The number of carbonyl (C=O) groups excluding carboxylic acids is 3. The van der Waals surface area contributed by atoms with Crippen LogP contribution in [0.25, 0.3) is 0 Å². The molecule has 0 aromatic heterocycles. The van der Waals surface area contributed by atoms with Crippen molar-refractivity contribution in [1.29, 1.82) is 0 Å². The molecule has 2 aromatic rings. The Morgan fingerprint density at radius 1 is 0.964 bits per heavy atom. The molecule has 2 aromatic carbocycles. The van der Waals surface area contributed by atoms with Gasteiger partial charge in [-0.25, -0.2) is 4.79 Å². The molecule has 0 aliphatic carbocycles. The Hall–Kier alpha value is -3.15. The van der Waals surface area contributed by atoms with E-state index in [-0.39, 0.29) is 24.5 Å². The van der Waals surface area contributed by atoms with Gasteiger partial charge in [0.15, 0.2) is 0 Å². The molecular weight excluding hydrogens is 356 g/mol. The second-order valence-electron chi connectivity index (χ2n) is 6.73. The van der Waals surface area contributed by atoms with Crippen molar-refractivity contribution in [1.82, 2.24) is 0 Å². The van der Waals surface area contributed by atoms with Crippen LogP contribution in [0.4, 0.5) is 11.4 Å². The van der Waals surface area contributed by atoms with Gasteiger partial charge in [0.1, 0.15) is 6.42 Å². The molecule has 2 N–H and O–H groups in total. The Balaban J connectivity index is 2.07. The van der Waals surface area contributed by atoms with Crippen molar-refractivity contribution in [3.05, 3.63) is 59.2 Å². The minimum Gasteiger partial charge on any atom is -0.462 e. The van der Waals surface area contributed by atoms with E-state index in [2.05, 4.69) is 10.6 Å². The molecular formula is C22H26N2O4. The number of anilines is 2. The van der Waals surface area contributed by atoms with Crippen LogP contribution in [0.15, 0.2) is 42.5 Å². The fourth-order valence-corrected chi connectivity index (χ4v) is 2.85. The predicted octanol–water partition coefficient (Wildman–Crippen LogP) is 4.26. The summed E-state index contributed by atoms with van der Waals surface area (Å²) in [6, 6.07) is 12.4. The summed E-state index contributed by atoms with van der Waals surface area (Å²) in [7, 11) is 0. The number of hydrogen-bond donors (Lipinski definition) is 2. The summed E-state index contributed by atoms with van der Waals surface area (Å²) in [4.78, 5) is 36.7. The zero-order valence-corrected chi connectivity index (χ0v) is 16.7. The van der Waals surface area contributed by atoms with Crippen molar-refractivity contribution < 1.29 is 19.1 Å². The van der Waals surface area contributed by atoms with Gasteiger partial charge in [-0.1, -0.05) is 44.2 Å². The van der Waals surface area contributed by atoms with Gasteiger partial charge in [0.25, 0.3) is 0 Å². The number of carbonyl (C=O) groups is 3. The van der Waals surface area contributed by atoms with E-state index in [0.717, 1.165) is 16.8 Å². The number of benzene rings is 2. The van der Waals surface area contributed by atoms with Crippen LogP contribution in [0.5, 0.6) is 0 Å².